The van der Waals surface area contributed by atoms with E-state index in [1.807, 2.05) is 31.2 Å². The number of hydrogen-bond acceptors (Lipinski definition) is 1. The highest BCUT2D eigenvalue weighted by molar-refractivity contribution is 5.31. The van der Waals surface area contributed by atoms with Gasteiger partial charge in [-0.1, -0.05) is 18.2 Å². The molecule has 0 unspecified atom stereocenters. The standard InChI is InChI=1S/C8H10O.H2O/c1-7-5-3-4-6-8(7)9-2;/h3-6H,1-2H3;1H2. The fourth-order valence-electron chi connectivity index (χ4n) is 0.785. The van der Waals surface area contributed by atoms with Crippen molar-refractivity contribution in [3.8, 4) is 5.75 Å². The van der Waals surface area contributed by atoms with E-state index >= 15 is 0 Å². The Labute approximate surface area is 60.8 Å². The van der Waals surface area contributed by atoms with Gasteiger partial charge in [0.1, 0.15) is 5.75 Å². The van der Waals surface area contributed by atoms with Crippen molar-refractivity contribution in [2.24, 2.45) is 0 Å². The molecular weight excluding hydrogens is 128 g/mol. The number of methoxy groups -OCH3 is 1. The number of para-hydroxylation sites is 1. The van der Waals surface area contributed by atoms with Gasteiger partial charge in [-0.2, -0.15) is 0 Å². The summed E-state index contributed by atoms with van der Waals surface area (Å²) in [6.07, 6.45) is 0. The topological polar surface area (TPSA) is 40.7 Å². The number of aryl methyl sites for hydroxylation is 1. The maximum Gasteiger partial charge on any atom is 0.121 e. The lowest BCUT2D eigenvalue weighted by molar-refractivity contribution is 0.411. The zero-order valence-corrected chi connectivity index (χ0v) is 6.22. The lowest BCUT2D eigenvalue weighted by Crippen LogP contribution is -1.84. The molecule has 0 aliphatic rings. The molecule has 0 saturated carbocycles. The molecule has 56 valence electrons. The number of hydrogen-bond donors (Lipinski definition) is 0. The summed E-state index contributed by atoms with van der Waals surface area (Å²) in [5, 5.41) is 0. The van der Waals surface area contributed by atoms with Gasteiger partial charge in [-0.3, -0.25) is 0 Å². The van der Waals surface area contributed by atoms with Gasteiger partial charge in [0.2, 0.25) is 0 Å². The van der Waals surface area contributed by atoms with Crippen molar-refractivity contribution in [2.75, 3.05) is 7.11 Å². The van der Waals surface area contributed by atoms with Crippen LogP contribution in [-0.2, 0) is 0 Å². The zero-order valence-electron chi connectivity index (χ0n) is 6.22. The summed E-state index contributed by atoms with van der Waals surface area (Å²) in [7, 11) is 1.68. The van der Waals surface area contributed by atoms with Gasteiger partial charge in [-0.05, 0) is 18.6 Å². The maximum absolute atomic E-state index is 5.04. The van der Waals surface area contributed by atoms with Gasteiger partial charge in [0, 0.05) is 0 Å². The van der Waals surface area contributed by atoms with Crippen LogP contribution in [0.4, 0.5) is 0 Å². The fraction of sp³-hybridized carbons (Fsp3) is 0.250. The first-order valence-electron chi connectivity index (χ1n) is 2.94. The molecule has 0 saturated heterocycles. The molecule has 0 radical (unpaired) electrons. The van der Waals surface area contributed by atoms with E-state index in [0.717, 1.165) is 5.75 Å². The molecule has 2 N–H and O–H groups in total. The van der Waals surface area contributed by atoms with E-state index in [4.69, 9.17) is 4.74 Å². The van der Waals surface area contributed by atoms with Crippen LogP contribution in [-0.4, -0.2) is 12.6 Å². The molecule has 0 spiro atoms. The van der Waals surface area contributed by atoms with Gasteiger partial charge in [-0.15, -0.1) is 0 Å². The molecule has 0 aliphatic carbocycles. The molecule has 0 atom stereocenters. The van der Waals surface area contributed by atoms with Crippen molar-refractivity contribution in [1.82, 2.24) is 0 Å². The van der Waals surface area contributed by atoms with Crippen LogP contribution in [0.5, 0.6) is 5.75 Å². The molecule has 0 heterocycles. The van der Waals surface area contributed by atoms with Gasteiger partial charge in [-0.25, -0.2) is 0 Å². The zero-order chi connectivity index (χ0) is 6.69. The lowest BCUT2D eigenvalue weighted by atomic mass is 10.2. The van der Waals surface area contributed by atoms with Crippen LogP contribution in [0.25, 0.3) is 0 Å². The summed E-state index contributed by atoms with van der Waals surface area (Å²) in [5.41, 5.74) is 1.18. The third kappa shape index (κ3) is 1.74. The smallest absolute Gasteiger partial charge is 0.121 e. The monoisotopic (exact) mass is 140 g/mol. The van der Waals surface area contributed by atoms with E-state index in [0.29, 0.717) is 0 Å². The molecule has 10 heavy (non-hydrogen) atoms. The first-order chi connectivity index (χ1) is 4.34. The SMILES string of the molecule is COc1ccccc1C.O. The Morgan fingerprint density at radius 2 is 1.80 bits per heavy atom. The highest BCUT2D eigenvalue weighted by Crippen LogP contribution is 2.14. The summed E-state index contributed by atoms with van der Waals surface area (Å²) in [6.45, 7) is 2.03. The van der Waals surface area contributed by atoms with Crippen LogP contribution >= 0.6 is 0 Å². The van der Waals surface area contributed by atoms with Crippen molar-refractivity contribution in [2.45, 2.75) is 6.92 Å². The predicted molar refractivity (Wildman–Crippen MR) is 41.3 cm³/mol. The van der Waals surface area contributed by atoms with Gasteiger partial charge >= 0.3 is 0 Å². The van der Waals surface area contributed by atoms with Gasteiger partial charge < -0.3 is 10.2 Å². The van der Waals surface area contributed by atoms with Crippen molar-refractivity contribution in [3.05, 3.63) is 29.8 Å². The fourth-order valence-corrected chi connectivity index (χ4v) is 0.785. The molecule has 0 aliphatic heterocycles. The molecule has 2 nitrogen and oxygen atoms in total. The first kappa shape index (κ1) is 8.98. The Morgan fingerprint density at radius 1 is 1.20 bits per heavy atom. The lowest BCUT2D eigenvalue weighted by Gasteiger charge is -2.00. The minimum absolute atomic E-state index is 0. The summed E-state index contributed by atoms with van der Waals surface area (Å²) in [6, 6.07) is 7.94. The van der Waals surface area contributed by atoms with Crippen LogP contribution in [0, 0.1) is 6.92 Å². The van der Waals surface area contributed by atoms with Crippen molar-refractivity contribution in [1.29, 1.82) is 0 Å². The van der Waals surface area contributed by atoms with E-state index in [1.165, 1.54) is 5.56 Å². The van der Waals surface area contributed by atoms with E-state index in [9.17, 15) is 0 Å². The summed E-state index contributed by atoms with van der Waals surface area (Å²) in [5.74, 6) is 0.956. The van der Waals surface area contributed by atoms with Crippen LogP contribution in [0.2, 0.25) is 0 Å². The minimum Gasteiger partial charge on any atom is -0.496 e. The third-order valence-corrected chi connectivity index (χ3v) is 1.31. The van der Waals surface area contributed by atoms with Gasteiger partial charge in [0.15, 0.2) is 0 Å². The van der Waals surface area contributed by atoms with E-state index in [2.05, 4.69) is 0 Å². The predicted octanol–water partition coefficient (Wildman–Crippen LogP) is 1.18. The Balaban J connectivity index is 0.000000810. The summed E-state index contributed by atoms with van der Waals surface area (Å²) in [4.78, 5) is 0. The average Bonchev–Trinajstić information content (AvgIpc) is 1.89. The highest BCUT2D eigenvalue weighted by Gasteiger charge is 1.90. The molecule has 0 aromatic heterocycles. The van der Waals surface area contributed by atoms with Crippen LogP contribution in [0.1, 0.15) is 5.56 Å². The average molecular weight is 140 g/mol. The summed E-state index contributed by atoms with van der Waals surface area (Å²) < 4.78 is 5.04. The van der Waals surface area contributed by atoms with Crippen molar-refractivity contribution in [3.63, 3.8) is 0 Å². The van der Waals surface area contributed by atoms with E-state index in [1.54, 1.807) is 7.11 Å². The quantitative estimate of drug-likeness (QED) is 0.577. The Bertz CT molecular complexity index is 196. The second-order valence-corrected chi connectivity index (χ2v) is 1.97. The Morgan fingerprint density at radius 3 is 2.20 bits per heavy atom. The van der Waals surface area contributed by atoms with Crippen LogP contribution in [0.15, 0.2) is 24.3 Å². The third-order valence-electron chi connectivity index (χ3n) is 1.31. The van der Waals surface area contributed by atoms with Crippen LogP contribution < -0.4 is 4.74 Å². The largest absolute Gasteiger partial charge is 0.496 e. The maximum atomic E-state index is 5.04. The van der Waals surface area contributed by atoms with Crippen molar-refractivity contribution >= 4 is 0 Å². The van der Waals surface area contributed by atoms with Gasteiger partial charge in [0.25, 0.3) is 0 Å². The van der Waals surface area contributed by atoms with Crippen LogP contribution in [0.3, 0.4) is 0 Å². The minimum atomic E-state index is 0. The van der Waals surface area contributed by atoms with E-state index in [-0.39, 0.29) is 5.48 Å². The molecular formula is C8H12O2. The molecule has 1 rings (SSSR count). The molecule has 0 amide bonds. The van der Waals surface area contributed by atoms with Crippen molar-refractivity contribution < 1.29 is 10.2 Å². The molecule has 0 bridgehead atoms. The van der Waals surface area contributed by atoms with E-state index < -0.39 is 0 Å². The summed E-state index contributed by atoms with van der Waals surface area (Å²) >= 11 is 0. The second kappa shape index (κ2) is 3.90. The van der Waals surface area contributed by atoms with Gasteiger partial charge in [0.05, 0.1) is 7.11 Å². The molecule has 0 fully saturated rings. The normalized spacial score (nSPS) is 8.20. The first-order valence-corrected chi connectivity index (χ1v) is 2.94. The molecule has 1 aromatic rings. The second-order valence-electron chi connectivity index (χ2n) is 1.97. The number of ether oxygens (including phenoxy) is 1. The highest BCUT2D eigenvalue weighted by atomic mass is 16.5. The Kier molecular flexibility index (Phi) is 3.51. The molecule has 1 aromatic carbocycles. The Hall–Kier alpha value is -1.02. The molecule has 2 heteroatoms. The number of rotatable bonds is 1. The number of benzene rings is 1.